The number of primary amides is 1. The summed E-state index contributed by atoms with van der Waals surface area (Å²) in [6, 6.07) is 8.47. The number of nitrogens with zero attached hydrogens (tertiary/aromatic N) is 3. The summed E-state index contributed by atoms with van der Waals surface area (Å²) < 4.78 is 0.721. The zero-order valence-corrected chi connectivity index (χ0v) is 18.8. The van der Waals surface area contributed by atoms with Crippen molar-refractivity contribution in [3.8, 4) is 0 Å². The number of benzene rings is 1. The van der Waals surface area contributed by atoms with Crippen LogP contribution >= 0.6 is 34.4 Å². The van der Waals surface area contributed by atoms with Crippen LogP contribution in [0.4, 0.5) is 5.13 Å². The summed E-state index contributed by atoms with van der Waals surface area (Å²) in [5.41, 5.74) is 8.62. The molecule has 2 unspecified atom stereocenters. The number of carbonyl (C=O) groups is 2. The Kier molecular flexibility index (Phi) is 6.45. The van der Waals surface area contributed by atoms with E-state index in [1.165, 1.54) is 45.6 Å². The number of thioether (sulfide) groups is 1. The van der Waals surface area contributed by atoms with Crippen LogP contribution < -0.4 is 11.1 Å². The Morgan fingerprint density at radius 2 is 2.17 bits per heavy atom. The van der Waals surface area contributed by atoms with Gasteiger partial charge in [-0.05, 0) is 37.3 Å². The van der Waals surface area contributed by atoms with Gasteiger partial charge in [0.2, 0.25) is 16.9 Å². The third kappa shape index (κ3) is 4.88. The number of aromatic nitrogens is 3. The normalized spacial score (nSPS) is 16.6. The Morgan fingerprint density at radius 1 is 1.33 bits per heavy atom. The van der Waals surface area contributed by atoms with E-state index in [-0.39, 0.29) is 29.4 Å². The molecular formula is C20H21N5O2S3. The predicted molar refractivity (Wildman–Crippen MR) is 120 cm³/mol. The van der Waals surface area contributed by atoms with Crippen molar-refractivity contribution in [3.05, 3.63) is 51.5 Å². The molecule has 2 amide bonds. The highest BCUT2D eigenvalue weighted by Gasteiger charge is 2.25. The number of nitrogens with two attached hydrogens (primary N) is 1. The molecule has 30 heavy (non-hydrogen) atoms. The number of rotatable bonds is 7. The van der Waals surface area contributed by atoms with Crippen LogP contribution in [0.1, 0.15) is 47.5 Å². The third-order valence-corrected chi connectivity index (χ3v) is 8.00. The number of thiazole rings is 1. The van der Waals surface area contributed by atoms with Crippen molar-refractivity contribution in [2.75, 3.05) is 5.32 Å². The molecule has 2 aromatic heterocycles. The maximum Gasteiger partial charge on any atom is 0.232 e. The number of carbonyl (C=O) groups excluding carboxylic acids is 2. The summed E-state index contributed by atoms with van der Waals surface area (Å²) in [4.78, 5) is 28.0. The molecular weight excluding hydrogens is 438 g/mol. The lowest BCUT2D eigenvalue weighted by Gasteiger charge is -2.23. The summed E-state index contributed by atoms with van der Waals surface area (Å²) in [5, 5.41) is 14.3. The Morgan fingerprint density at radius 3 is 3.00 bits per heavy atom. The first-order valence-electron chi connectivity index (χ1n) is 9.61. The lowest BCUT2D eigenvalue weighted by Crippen LogP contribution is -2.22. The van der Waals surface area contributed by atoms with Crippen LogP contribution in [0.3, 0.4) is 0 Å². The van der Waals surface area contributed by atoms with E-state index in [0.717, 1.165) is 28.6 Å². The monoisotopic (exact) mass is 459 g/mol. The molecule has 4 rings (SSSR count). The molecule has 1 aliphatic carbocycles. The highest BCUT2D eigenvalue weighted by Crippen LogP contribution is 2.38. The van der Waals surface area contributed by atoms with Gasteiger partial charge < -0.3 is 11.1 Å². The zero-order chi connectivity index (χ0) is 21.1. The van der Waals surface area contributed by atoms with E-state index in [2.05, 4.69) is 44.8 Å². The van der Waals surface area contributed by atoms with Crippen molar-refractivity contribution in [1.29, 1.82) is 0 Å². The van der Waals surface area contributed by atoms with Crippen LogP contribution in [-0.2, 0) is 22.4 Å². The van der Waals surface area contributed by atoms with Crippen LogP contribution in [0, 0.1) is 0 Å². The van der Waals surface area contributed by atoms with Crippen LogP contribution in [0.15, 0.2) is 34.0 Å². The molecule has 3 aromatic rings. The summed E-state index contributed by atoms with van der Waals surface area (Å²) in [5.74, 6) is -0.336. The van der Waals surface area contributed by atoms with E-state index in [1.807, 2.05) is 5.38 Å². The third-order valence-electron chi connectivity index (χ3n) is 4.91. The first-order chi connectivity index (χ1) is 14.5. The molecule has 2 heterocycles. The Labute approximate surface area is 186 Å². The van der Waals surface area contributed by atoms with Gasteiger partial charge in [-0.2, -0.15) is 0 Å². The van der Waals surface area contributed by atoms with Gasteiger partial charge in [0.05, 0.1) is 17.4 Å². The Bertz CT molecular complexity index is 1060. The van der Waals surface area contributed by atoms with Crippen molar-refractivity contribution in [2.45, 2.75) is 48.1 Å². The van der Waals surface area contributed by atoms with Crippen molar-refractivity contribution < 1.29 is 9.59 Å². The molecule has 1 aliphatic rings. The van der Waals surface area contributed by atoms with Crippen molar-refractivity contribution in [2.24, 2.45) is 5.73 Å². The molecule has 156 valence electrons. The number of aryl methyl sites for hydroxylation is 1. The van der Waals surface area contributed by atoms with Gasteiger partial charge in [0.25, 0.3) is 0 Å². The Balaban J connectivity index is 1.37. The molecule has 0 saturated heterocycles. The van der Waals surface area contributed by atoms with Crippen molar-refractivity contribution in [3.63, 3.8) is 0 Å². The summed E-state index contributed by atoms with van der Waals surface area (Å²) in [6.07, 6.45) is 3.41. The second-order valence-corrected chi connectivity index (χ2v) is 10.5. The van der Waals surface area contributed by atoms with Gasteiger partial charge in [-0.25, -0.2) is 4.98 Å². The maximum atomic E-state index is 12.4. The second-order valence-electron chi connectivity index (χ2n) is 7.08. The second kappa shape index (κ2) is 9.23. The van der Waals surface area contributed by atoms with Crippen molar-refractivity contribution in [1.82, 2.24) is 15.2 Å². The van der Waals surface area contributed by atoms with E-state index in [9.17, 15) is 9.59 Å². The minimum Gasteiger partial charge on any atom is -0.369 e. The number of hydrogen-bond donors (Lipinski definition) is 2. The number of fused-ring (bicyclic) bond motifs is 1. The first-order valence-corrected chi connectivity index (χ1v) is 12.2. The summed E-state index contributed by atoms with van der Waals surface area (Å²) in [6.45, 7) is 1.73. The molecule has 10 heteroatoms. The number of nitrogens with one attached hydrogen (secondary N) is 1. The van der Waals surface area contributed by atoms with Crippen LogP contribution in [-0.4, -0.2) is 32.2 Å². The van der Waals surface area contributed by atoms with Gasteiger partial charge >= 0.3 is 0 Å². The largest absolute Gasteiger partial charge is 0.369 e. The smallest absolute Gasteiger partial charge is 0.232 e. The fraction of sp³-hybridized carbons (Fsp3) is 0.350. The molecule has 1 aromatic carbocycles. The lowest BCUT2D eigenvalue weighted by molar-refractivity contribution is -0.117. The molecule has 2 atom stereocenters. The molecule has 0 fully saturated rings. The molecule has 0 aliphatic heterocycles. The lowest BCUT2D eigenvalue weighted by atomic mass is 9.83. The topological polar surface area (TPSA) is 111 Å². The fourth-order valence-corrected chi connectivity index (χ4v) is 6.24. The molecule has 0 radical (unpaired) electrons. The molecule has 0 bridgehead atoms. The number of hydrogen-bond acceptors (Lipinski definition) is 8. The Hall–Kier alpha value is -2.30. The first kappa shape index (κ1) is 21.0. The van der Waals surface area contributed by atoms with Gasteiger partial charge in [-0.1, -0.05) is 47.4 Å². The standard InChI is InChI=1S/C20H21N5O2S3/c1-11(17(21)27)29-20-22-13(10-28-20)9-16(26)23-19-25-24-18(30-19)15-8-4-6-12-5-2-3-7-14(12)15/h2-3,5,7,10-11,15H,4,6,8-9H2,1H3,(H2,21,27)(H,23,25,26). The summed E-state index contributed by atoms with van der Waals surface area (Å²) >= 11 is 4.13. The van der Waals surface area contributed by atoms with E-state index in [0.29, 0.717) is 10.8 Å². The van der Waals surface area contributed by atoms with Gasteiger partial charge in [-0.3, -0.25) is 9.59 Å². The minimum absolute atomic E-state index is 0.142. The quantitative estimate of drug-likeness (QED) is 0.522. The molecule has 7 nitrogen and oxygen atoms in total. The van der Waals surface area contributed by atoms with Gasteiger partial charge in [-0.15, -0.1) is 21.5 Å². The van der Waals surface area contributed by atoms with E-state index < -0.39 is 0 Å². The van der Waals surface area contributed by atoms with Crippen molar-refractivity contribution >= 4 is 51.4 Å². The average molecular weight is 460 g/mol. The van der Waals surface area contributed by atoms with E-state index >= 15 is 0 Å². The van der Waals surface area contributed by atoms with Crippen LogP contribution in [0.2, 0.25) is 0 Å². The van der Waals surface area contributed by atoms with Crippen LogP contribution in [0.5, 0.6) is 0 Å². The molecule has 3 N–H and O–H groups in total. The summed E-state index contributed by atoms with van der Waals surface area (Å²) in [7, 11) is 0. The fourth-order valence-electron chi connectivity index (χ4n) is 3.40. The SMILES string of the molecule is CC(Sc1nc(CC(=O)Nc2nnc(C3CCCc4ccccc43)s2)cs1)C(N)=O. The van der Waals surface area contributed by atoms with Gasteiger partial charge in [0.15, 0.2) is 4.34 Å². The number of amides is 2. The predicted octanol–water partition coefficient (Wildman–Crippen LogP) is 3.61. The number of anilines is 1. The average Bonchev–Trinajstić information content (AvgIpc) is 3.37. The maximum absolute atomic E-state index is 12.4. The van der Waals surface area contributed by atoms with E-state index in [4.69, 9.17) is 5.73 Å². The van der Waals surface area contributed by atoms with Gasteiger partial charge in [0, 0.05) is 11.3 Å². The molecule has 0 spiro atoms. The zero-order valence-electron chi connectivity index (χ0n) is 16.3. The highest BCUT2D eigenvalue weighted by molar-refractivity contribution is 8.02. The minimum atomic E-state index is -0.387. The highest BCUT2D eigenvalue weighted by atomic mass is 32.2. The van der Waals surface area contributed by atoms with Gasteiger partial charge in [0.1, 0.15) is 5.01 Å². The molecule has 0 saturated carbocycles. The van der Waals surface area contributed by atoms with Crippen LogP contribution in [0.25, 0.3) is 0 Å². The van der Waals surface area contributed by atoms with E-state index in [1.54, 1.807) is 6.92 Å².